The third kappa shape index (κ3) is 6.05. The van der Waals surface area contributed by atoms with Gasteiger partial charge in [0.05, 0.1) is 12.5 Å². The molecule has 2 aromatic carbocycles. The summed E-state index contributed by atoms with van der Waals surface area (Å²) < 4.78 is 10.8. The smallest absolute Gasteiger partial charge is 0.411 e. The number of halogens is 1. The number of methoxy groups -OCH3 is 1. The van der Waals surface area contributed by atoms with E-state index in [9.17, 15) is 14.4 Å². The highest BCUT2D eigenvalue weighted by molar-refractivity contribution is 9.10. The van der Waals surface area contributed by atoms with E-state index in [1.807, 2.05) is 25.1 Å². The Labute approximate surface area is 189 Å². The van der Waals surface area contributed by atoms with E-state index in [-0.39, 0.29) is 24.8 Å². The minimum absolute atomic E-state index is 0.0869. The highest BCUT2D eigenvalue weighted by Gasteiger charge is 2.35. The second-order valence-electron chi connectivity index (χ2n) is 7.16. The fraction of sp³-hybridized carbons (Fsp3) is 0.318. The summed E-state index contributed by atoms with van der Waals surface area (Å²) in [5.41, 5.74) is 2.79. The summed E-state index contributed by atoms with van der Waals surface area (Å²) in [5, 5.41) is 5.42. The Bertz CT molecular complexity index is 981. The number of aryl methyl sites for hydroxylation is 1. The van der Waals surface area contributed by atoms with E-state index < -0.39 is 12.0 Å². The summed E-state index contributed by atoms with van der Waals surface area (Å²) in [7, 11) is 1.52. The van der Waals surface area contributed by atoms with E-state index >= 15 is 0 Å². The molecule has 1 aliphatic rings. The first-order valence-corrected chi connectivity index (χ1v) is 10.6. The van der Waals surface area contributed by atoms with Crippen LogP contribution in [0.4, 0.5) is 21.9 Å². The van der Waals surface area contributed by atoms with Crippen molar-refractivity contribution in [1.29, 1.82) is 0 Å². The molecule has 1 heterocycles. The van der Waals surface area contributed by atoms with Crippen LogP contribution >= 0.6 is 15.9 Å². The Kier molecular flexibility index (Phi) is 7.64. The molecule has 0 saturated carbocycles. The van der Waals surface area contributed by atoms with Gasteiger partial charge in [0.2, 0.25) is 11.8 Å². The standard InChI is InChI=1S/C22H24BrN3O5/c1-14-10-18(6-7-19(14)23)26-13-15(11-20(26)27)21(28)24-16-4-3-5-17(12-16)25-22(29)31-9-8-30-2/h3-7,10,12,15H,8-9,11,13H2,1-2H3,(H,24,28)(H,25,29). The van der Waals surface area contributed by atoms with Gasteiger partial charge < -0.3 is 19.7 Å². The normalized spacial score (nSPS) is 15.6. The fourth-order valence-electron chi connectivity index (χ4n) is 3.22. The van der Waals surface area contributed by atoms with Crippen LogP contribution in [-0.2, 0) is 19.1 Å². The van der Waals surface area contributed by atoms with Crippen molar-refractivity contribution in [3.05, 3.63) is 52.5 Å². The number of rotatable bonds is 7. The number of carbonyl (C=O) groups excluding carboxylic acids is 3. The van der Waals surface area contributed by atoms with Crippen molar-refractivity contribution < 1.29 is 23.9 Å². The number of carbonyl (C=O) groups is 3. The van der Waals surface area contributed by atoms with Gasteiger partial charge in [0, 0.05) is 41.6 Å². The van der Waals surface area contributed by atoms with Gasteiger partial charge in [0.1, 0.15) is 6.61 Å². The number of anilines is 3. The van der Waals surface area contributed by atoms with Crippen LogP contribution in [0.5, 0.6) is 0 Å². The number of hydrogen-bond donors (Lipinski definition) is 2. The summed E-state index contributed by atoms with van der Waals surface area (Å²) in [6.45, 7) is 2.71. The van der Waals surface area contributed by atoms with Crippen molar-refractivity contribution in [3.8, 4) is 0 Å². The van der Waals surface area contributed by atoms with E-state index in [1.54, 1.807) is 29.2 Å². The van der Waals surface area contributed by atoms with Crippen molar-refractivity contribution in [2.24, 2.45) is 5.92 Å². The maximum Gasteiger partial charge on any atom is 0.411 e. The molecule has 1 aliphatic heterocycles. The molecule has 164 valence electrons. The zero-order valence-electron chi connectivity index (χ0n) is 17.3. The lowest BCUT2D eigenvalue weighted by Gasteiger charge is -2.18. The van der Waals surface area contributed by atoms with Crippen LogP contribution in [0.1, 0.15) is 12.0 Å². The summed E-state index contributed by atoms with van der Waals surface area (Å²) >= 11 is 3.45. The van der Waals surface area contributed by atoms with Crippen LogP contribution in [0.2, 0.25) is 0 Å². The fourth-order valence-corrected chi connectivity index (χ4v) is 3.47. The van der Waals surface area contributed by atoms with Crippen LogP contribution < -0.4 is 15.5 Å². The SMILES string of the molecule is COCCOC(=O)Nc1cccc(NC(=O)C2CC(=O)N(c3ccc(Br)c(C)c3)C2)c1. The zero-order valence-corrected chi connectivity index (χ0v) is 18.9. The first-order chi connectivity index (χ1) is 14.9. The minimum atomic E-state index is -0.609. The lowest BCUT2D eigenvalue weighted by Crippen LogP contribution is -2.28. The number of benzene rings is 2. The molecule has 9 heteroatoms. The topological polar surface area (TPSA) is 97.0 Å². The molecular weight excluding hydrogens is 466 g/mol. The third-order valence-electron chi connectivity index (χ3n) is 4.85. The van der Waals surface area contributed by atoms with Gasteiger partial charge in [-0.15, -0.1) is 0 Å². The van der Waals surface area contributed by atoms with Crippen LogP contribution in [0.3, 0.4) is 0 Å². The van der Waals surface area contributed by atoms with Crippen LogP contribution in [0.25, 0.3) is 0 Å². The molecule has 2 aromatic rings. The summed E-state index contributed by atoms with van der Waals surface area (Å²) in [5.74, 6) is -0.798. The molecule has 8 nitrogen and oxygen atoms in total. The Balaban J connectivity index is 1.59. The molecule has 3 rings (SSSR count). The summed E-state index contributed by atoms with van der Waals surface area (Å²) in [4.78, 5) is 38.6. The maximum atomic E-state index is 12.7. The van der Waals surface area contributed by atoms with Gasteiger partial charge >= 0.3 is 6.09 Å². The molecule has 0 spiro atoms. The second-order valence-corrected chi connectivity index (χ2v) is 8.02. The van der Waals surface area contributed by atoms with E-state index in [1.165, 1.54) is 7.11 Å². The molecule has 1 unspecified atom stereocenters. The van der Waals surface area contributed by atoms with Gasteiger partial charge in [-0.05, 0) is 48.9 Å². The van der Waals surface area contributed by atoms with Crippen molar-refractivity contribution in [3.63, 3.8) is 0 Å². The Hall–Kier alpha value is -2.91. The molecule has 3 amide bonds. The molecular formula is C22H24BrN3O5. The van der Waals surface area contributed by atoms with Crippen molar-refractivity contribution in [2.45, 2.75) is 13.3 Å². The molecule has 1 atom stereocenters. The molecule has 1 saturated heterocycles. The van der Waals surface area contributed by atoms with Crippen molar-refractivity contribution >= 4 is 50.9 Å². The molecule has 2 N–H and O–H groups in total. The summed E-state index contributed by atoms with van der Waals surface area (Å²) in [6, 6.07) is 12.4. The Morgan fingerprint density at radius 2 is 1.87 bits per heavy atom. The lowest BCUT2D eigenvalue weighted by molar-refractivity contribution is -0.122. The van der Waals surface area contributed by atoms with Gasteiger partial charge in [0.25, 0.3) is 0 Å². The largest absolute Gasteiger partial charge is 0.447 e. The second kappa shape index (κ2) is 10.4. The van der Waals surface area contributed by atoms with Crippen molar-refractivity contribution in [2.75, 3.05) is 42.4 Å². The first kappa shape index (κ1) is 22.8. The third-order valence-corrected chi connectivity index (χ3v) is 5.74. The number of hydrogen-bond acceptors (Lipinski definition) is 5. The van der Waals surface area contributed by atoms with Crippen LogP contribution in [0.15, 0.2) is 46.9 Å². The Morgan fingerprint density at radius 3 is 2.58 bits per heavy atom. The molecule has 0 radical (unpaired) electrons. The van der Waals surface area contributed by atoms with Crippen LogP contribution in [0, 0.1) is 12.8 Å². The summed E-state index contributed by atoms with van der Waals surface area (Å²) in [6.07, 6.45) is -0.465. The van der Waals surface area contributed by atoms with Gasteiger partial charge in [-0.2, -0.15) is 0 Å². The average molecular weight is 490 g/mol. The predicted octanol–water partition coefficient (Wildman–Crippen LogP) is 3.94. The van der Waals surface area contributed by atoms with Gasteiger partial charge in [-0.25, -0.2) is 4.79 Å². The number of nitrogens with one attached hydrogen (secondary N) is 2. The van der Waals surface area contributed by atoms with Gasteiger partial charge in [0.15, 0.2) is 0 Å². The highest BCUT2D eigenvalue weighted by Crippen LogP contribution is 2.29. The van der Waals surface area contributed by atoms with Crippen LogP contribution in [-0.4, -0.2) is 44.8 Å². The Morgan fingerprint density at radius 1 is 1.13 bits per heavy atom. The molecule has 0 aliphatic carbocycles. The van der Waals surface area contributed by atoms with Gasteiger partial charge in [-0.3, -0.25) is 14.9 Å². The quantitative estimate of drug-likeness (QED) is 0.574. The first-order valence-electron chi connectivity index (χ1n) is 9.77. The monoisotopic (exact) mass is 489 g/mol. The molecule has 1 fully saturated rings. The maximum absolute atomic E-state index is 12.7. The van der Waals surface area contributed by atoms with E-state index in [0.717, 1.165) is 15.7 Å². The van der Waals surface area contributed by atoms with E-state index in [4.69, 9.17) is 9.47 Å². The van der Waals surface area contributed by atoms with Gasteiger partial charge in [-0.1, -0.05) is 22.0 Å². The lowest BCUT2D eigenvalue weighted by atomic mass is 10.1. The van der Waals surface area contributed by atoms with Crippen molar-refractivity contribution in [1.82, 2.24) is 0 Å². The molecule has 0 aromatic heterocycles. The van der Waals surface area contributed by atoms with E-state index in [0.29, 0.717) is 24.5 Å². The molecule has 0 bridgehead atoms. The number of amides is 3. The van der Waals surface area contributed by atoms with E-state index in [2.05, 4.69) is 26.6 Å². The zero-order chi connectivity index (χ0) is 22.4. The number of nitrogens with zero attached hydrogens (tertiary/aromatic N) is 1. The number of ether oxygens (including phenoxy) is 2. The average Bonchev–Trinajstić information content (AvgIpc) is 3.12. The molecule has 31 heavy (non-hydrogen) atoms. The minimum Gasteiger partial charge on any atom is -0.447 e. The predicted molar refractivity (Wildman–Crippen MR) is 121 cm³/mol. The highest BCUT2D eigenvalue weighted by atomic mass is 79.9.